The number of amides is 1. The van der Waals surface area contributed by atoms with Crippen molar-refractivity contribution < 1.29 is 14.6 Å². The Morgan fingerprint density at radius 1 is 1.42 bits per heavy atom. The van der Waals surface area contributed by atoms with Gasteiger partial charge in [0.1, 0.15) is 11.4 Å². The van der Waals surface area contributed by atoms with Crippen molar-refractivity contribution in [1.29, 1.82) is 0 Å². The summed E-state index contributed by atoms with van der Waals surface area (Å²) in [6.45, 7) is 6.96. The molecule has 1 saturated heterocycles. The molecule has 1 N–H and O–H groups in total. The third-order valence-corrected chi connectivity index (χ3v) is 3.18. The van der Waals surface area contributed by atoms with Gasteiger partial charge in [0.05, 0.1) is 0 Å². The van der Waals surface area contributed by atoms with Crippen LogP contribution in [-0.2, 0) is 4.74 Å². The highest BCUT2D eigenvalue weighted by Crippen LogP contribution is 2.29. The van der Waals surface area contributed by atoms with E-state index in [9.17, 15) is 9.90 Å². The quantitative estimate of drug-likeness (QED) is 0.847. The molecule has 0 saturated carbocycles. The fraction of sp³-hybridized carbons (Fsp3) is 0.533. The Kier molecular flexibility index (Phi) is 3.69. The Morgan fingerprint density at radius 2 is 2.16 bits per heavy atom. The van der Waals surface area contributed by atoms with E-state index in [1.54, 1.807) is 17.0 Å². The predicted molar refractivity (Wildman–Crippen MR) is 73.3 cm³/mol. The number of likely N-dealkylation sites (tertiary alicyclic amines) is 1. The molecular weight excluding hydrogens is 242 g/mol. The first-order chi connectivity index (χ1) is 8.85. The minimum absolute atomic E-state index is 0.254. The number of nitrogens with zero attached hydrogens (tertiary/aromatic N) is 1. The topological polar surface area (TPSA) is 49.8 Å². The highest BCUT2D eigenvalue weighted by molar-refractivity contribution is 5.68. The Bertz CT molecular complexity index is 465. The molecule has 104 valence electrons. The van der Waals surface area contributed by atoms with Crippen molar-refractivity contribution in [2.75, 3.05) is 13.1 Å². The molecule has 1 aromatic rings. The SMILES string of the molecule is CC(C)(C)OC(=O)N1CC[C@@H](c2cccc(O)c2)C1. The van der Waals surface area contributed by atoms with Gasteiger partial charge >= 0.3 is 6.09 Å². The number of ether oxygens (including phenoxy) is 1. The van der Waals surface area contributed by atoms with Crippen molar-refractivity contribution in [3.05, 3.63) is 29.8 Å². The lowest BCUT2D eigenvalue weighted by Gasteiger charge is -2.24. The second kappa shape index (κ2) is 5.11. The molecule has 0 aromatic heterocycles. The van der Waals surface area contributed by atoms with E-state index in [2.05, 4.69) is 0 Å². The van der Waals surface area contributed by atoms with Crippen molar-refractivity contribution >= 4 is 6.09 Å². The zero-order valence-electron chi connectivity index (χ0n) is 11.7. The second-order valence-electron chi connectivity index (χ2n) is 6.01. The van der Waals surface area contributed by atoms with Crippen LogP contribution in [0.25, 0.3) is 0 Å². The van der Waals surface area contributed by atoms with Gasteiger partial charge in [0.15, 0.2) is 0 Å². The molecule has 0 aliphatic carbocycles. The monoisotopic (exact) mass is 263 g/mol. The summed E-state index contributed by atoms with van der Waals surface area (Å²) in [5, 5.41) is 9.50. The summed E-state index contributed by atoms with van der Waals surface area (Å²) in [5.74, 6) is 0.549. The van der Waals surface area contributed by atoms with E-state index < -0.39 is 5.60 Å². The van der Waals surface area contributed by atoms with Crippen LogP contribution in [0.3, 0.4) is 0 Å². The Morgan fingerprint density at radius 3 is 2.79 bits per heavy atom. The van der Waals surface area contributed by atoms with Crippen LogP contribution < -0.4 is 0 Å². The minimum Gasteiger partial charge on any atom is -0.508 e. The maximum absolute atomic E-state index is 12.0. The van der Waals surface area contributed by atoms with Crippen LogP contribution in [0.2, 0.25) is 0 Å². The largest absolute Gasteiger partial charge is 0.508 e. The van der Waals surface area contributed by atoms with E-state index in [1.165, 1.54) is 0 Å². The lowest BCUT2D eigenvalue weighted by molar-refractivity contribution is 0.0292. The average Bonchev–Trinajstić information content (AvgIpc) is 2.75. The molecule has 19 heavy (non-hydrogen) atoms. The Balaban J connectivity index is 1.98. The van der Waals surface area contributed by atoms with Gasteiger partial charge in [0, 0.05) is 19.0 Å². The molecule has 1 heterocycles. The van der Waals surface area contributed by atoms with E-state index in [4.69, 9.17) is 4.74 Å². The third kappa shape index (κ3) is 3.63. The van der Waals surface area contributed by atoms with Gasteiger partial charge < -0.3 is 14.7 Å². The van der Waals surface area contributed by atoms with E-state index in [-0.39, 0.29) is 17.8 Å². The molecule has 4 nitrogen and oxygen atoms in total. The van der Waals surface area contributed by atoms with Crippen LogP contribution in [0.15, 0.2) is 24.3 Å². The second-order valence-corrected chi connectivity index (χ2v) is 6.01. The van der Waals surface area contributed by atoms with E-state index >= 15 is 0 Å². The summed E-state index contributed by atoms with van der Waals surface area (Å²) in [6, 6.07) is 7.25. The maximum atomic E-state index is 12.0. The summed E-state index contributed by atoms with van der Waals surface area (Å²) < 4.78 is 5.37. The number of phenolic OH excluding ortho intramolecular Hbond substituents is 1. The van der Waals surface area contributed by atoms with Crippen molar-refractivity contribution in [2.45, 2.75) is 38.7 Å². The first-order valence-electron chi connectivity index (χ1n) is 6.62. The van der Waals surface area contributed by atoms with Crippen LogP contribution in [0.1, 0.15) is 38.7 Å². The number of benzene rings is 1. The fourth-order valence-corrected chi connectivity index (χ4v) is 2.30. The lowest BCUT2D eigenvalue weighted by atomic mass is 9.98. The molecule has 1 aliphatic rings. The van der Waals surface area contributed by atoms with Crippen molar-refractivity contribution in [1.82, 2.24) is 4.90 Å². The fourth-order valence-electron chi connectivity index (χ4n) is 2.30. The van der Waals surface area contributed by atoms with Crippen LogP contribution in [-0.4, -0.2) is 34.8 Å². The molecule has 0 unspecified atom stereocenters. The zero-order chi connectivity index (χ0) is 14.0. The molecule has 4 heteroatoms. The smallest absolute Gasteiger partial charge is 0.410 e. The number of hydrogen-bond donors (Lipinski definition) is 1. The summed E-state index contributed by atoms with van der Waals surface area (Å²) in [7, 11) is 0. The lowest BCUT2D eigenvalue weighted by Crippen LogP contribution is -2.35. The highest BCUT2D eigenvalue weighted by Gasteiger charge is 2.30. The Hall–Kier alpha value is -1.71. The van der Waals surface area contributed by atoms with Crippen LogP contribution in [0.5, 0.6) is 5.75 Å². The van der Waals surface area contributed by atoms with Gasteiger partial charge in [-0.25, -0.2) is 4.79 Å². The van der Waals surface area contributed by atoms with Gasteiger partial charge in [-0.15, -0.1) is 0 Å². The average molecular weight is 263 g/mol. The number of aromatic hydroxyl groups is 1. The molecule has 1 fully saturated rings. The summed E-state index contributed by atoms with van der Waals surface area (Å²) in [5.41, 5.74) is 0.617. The first kappa shape index (κ1) is 13.7. The third-order valence-electron chi connectivity index (χ3n) is 3.18. The number of rotatable bonds is 1. The molecule has 1 amide bonds. The predicted octanol–water partition coefficient (Wildman–Crippen LogP) is 3.12. The number of carbonyl (C=O) groups is 1. The standard InChI is InChI=1S/C15H21NO3/c1-15(2,3)19-14(18)16-8-7-12(10-16)11-5-4-6-13(17)9-11/h4-6,9,12,17H,7-8,10H2,1-3H3/t12-/m1/s1. The number of carbonyl (C=O) groups excluding carboxylic acids is 1. The van der Waals surface area contributed by atoms with Gasteiger partial charge in [0.25, 0.3) is 0 Å². The van der Waals surface area contributed by atoms with Gasteiger partial charge in [-0.2, -0.15) is 0 Å². The molecule has 0 radical (unpaired) electrons. The first-order valence-corrected chi connectivity index (χ1v) is 6.62. The van der Waals surface area contributed by atoms with Crippen molar-refractivity contribution in [3.63, 3.8) is 0 Å². The number of phenols is 1. The van der Waals surface area contributed by atoms with E-state index in [0.29, 0.717) is 13.1 Å². The molecule has 0 bridgehead atoms. The molecular formula is C15H21NO3. The number of hydrogen-bond acceptors (Lipinski definition) is 3. The van der Waals surface area contributed by atoms with Crippen LogP contribution in [0.4, 0.5) is 4.79 Å². The van der Waals surface area contributed by atoms with Crippen LogP contribution in [0, 0.1) is 0 Å². The molecule has 1 aromatic carbocycles. The van der Waals surface area contributed by atoms with Crippen molar-refractivity contribution in [2.24, 2.45) is 0 Å². The van der Waals surface area contributed by atoms with E-state index in [1.807, 2.05) is 32.9 Å². The van der Waals surface area contributed by atoms with Crippen LogP contribution >= 0.6 is 0 Å². The zero-order valence-corrected chi connectivity index (χ0v) is 11.7. The van der Waals surface area contributed by atoms with Gasteiger partial charge in [-0.1, -0.05) is 12.1 Å². The summed E-state index contributed by atoms with van der Waals surface area (Å²) in [4.78, 5) is 13.7. The minimum atomic E-state index is -0.458. The van der Waals surface area contributed by atoms with Gasteiger partial charge in [-0.05, 0) is 44.9 Å². The normalized spacial score (nSPS) is 19.5. The highest BCUT2D eigenvalue weighted by atomic mass is 16.6. The molecule has 1 atom stereocenters. The maximum Gasteiger partial charge on any atom is 0.410 e. The summed E-state index contributed by atoms with van der Waals surface area (Å²) in [6.07, 6.45) is 0.651. The molecule has 2 rings (SSSR count). The van der Waals surface area contributed by atoms with E-state index in [0.717, 1.165) is 12.0 Å². The van der Waals surface area contributed by atoms with Crippen molar-refractivity contribution in [3.8, 4) is 5.75 Å². The summed E-state index contributed by atoms with van der Waals surface area (Å²) >= 11 is 0. The molecule has 1 aliphatic heterocycles. The van der Waals surface area contributed by atoms with Gasteiger partial charge in [0.2, 0.25) is 0 Å². The van der Waals surface area contributed by atoms with Gasteiger partial charge in [-0.3, -0.25) is 0 Å². The Labute approximate surface area is 114 Å². The molecule has 0 spiro atoms.